The minimum absolute atomic E-state index is 0.785. The summed E-state index contributed by atoms with van der Waals surface area (Å²) in [6.45, 7) is 3.24. The van der Waals surface area contributed by atoms with Crippen molar-refractivity contribution in [2.45, 2.75) is 52.0 Å². The van der Waals surface area contributed by atoms with Gasteiger partial charge in [-0.2, -0.15) is 0 Å². The van der Waals surface area contributed by atoms with Gasteiger partial charge >= 0.3 is 0 Å². The Kier molecular flexibility index (Phi) is 5.84. The van der Waals surface area contributed by atoms with Crippen LogP contribution in [0, 0.1) is 0 Å². The SMILES string of the molecule is CCCCCCCCn1cc(C=O)c2cc(Br)ccc21. The summed E-state index contributed by atoms with van der Waals surface area (Å²) in [4.78, 5) is 11.2. The van der Waals surface area contributed by atoms with Crippen LogP contribution in [0.25, 0.3) is 10.9 Å². The minimum Gasteiger partial charge on any atom is -0.347 e. The molecule has 0 bridgehead atoms. The van der Waals surface area contributed by atoms with Crippen molar-refractivity contribution in [1.29, 1.82) is 0 Å². The molecule has 0 aliphatic heterocycles. The highest BCUT2D eigenvalue weighted by Gasteiger charge is 2.08. The van der Waals surface area contributed by atoms with Crippen LogP contribution in [-0.2, 0) is 6.54 Å². The molecule has 0 saturated carbocycles. The first-order valence-corrected chi connectivity index (χ1v) is 8.29. The highest BCUT2D eigenvalue weighted by atomic mass is 79.9. The maximum absolute atomic E-state index is 11.2. The maximum atomic E-state index is 11.2. The average Bonchev–Trinajstić information content (AvgIpc) is 2.80. The van der Waals surface area contributed by atoms with Gasteiger partial charge in [0.05, 0.1) is 0 Å². The summed E-state index contributed by atoms with van der Waals surface area (Å²) >= 11 is 3.47. The fourth-order valence-corrected chi connectivity index (χ4v) is 3.00. The molecule has 0 saturated heterocycles. The van der Waals surface area contributed by atoms with Crippen LogP contribution in [0.3, 0.4) is 0 Å². The molecule has 2 rings (SSSR count). The molecular weight excluding hydrogens is 314 g/mol. The number of rotatable bonds is 8. The van der Waals surface area contributed by atoms with Gasteiger partial charge in [-0.3, -0.25) is 4.79 Å². The normalized spacial score (nSPS) is 11.1. The highest BCUT2D eigenvalue weighted by molar-refractivity contribution is 9.10. The van der Waals surface area contributed by atoms with Gasteiger partial charge in [0.2, 0.25) is 0 Å². The first-order chi connectivity index (χ1) is 9.76. The Morgan fingerprint density at radius 1 is 1.15 bits per heavy atom. The zero-order valence-electron chi connectivity index (χ0n) is 12.1. The Bertz CT molecular complexity index is 574. The van der Waals surface area contributed by atoms with E-state index < -0.39 is 0 Å². The summed E-state index contributed by atoms with van der Waals surface area (Å²) in [6, 6.07) is 6.15. The number of unbranched alkanes of at least 4 members (excludes halogenated alkanes) is 5. The number of hydrogen-bond donors (Lipinski definition) is 0. The predicted octanol–water partition coefficient (Wildman–Crippen LogP) is 5.58. The quantitative estimate of drug-likeness (QED) is 0.456. The topological polar surface area (TPSA) is 22.0 Å². The maximum Gasteiger partial charge on any atom is 0.152 e. The van der Waals surface area contributed by atoms with Crippen LogP contribution in [-0.4, -0.2) is 10.9 Å². The lowest BCUT2D eigenvalue weighted by molar-refractivity contribution is 0.112. The average molecular weight is 336 g/mol. The van der Waals surface area contributed by atoms with E-state index in [1.807, 2.05) is 18.3 Å². The first-order valence-electron chi connectivity index (χ1n) is 7.50. The molecule has 20 heavy (non-hydrogen) atoms. The fourth-order valence-electron chi connectivity index (χ4n) is 2.64. The summed E-state index contributed by atoms with van der Waals surface area (Å²) in [7, 11) is 0. The van der Waals surface area contributed by atoms with Crippen LogP contribution in [0.4, 0.5) is 0 Å². The molecular formula is C17H22BrNO. The molecule has 0 aliphatic carbocycles. The molecule has 0 radical (unpaired) electrons. The zero-order chi connectivity index (χ0) is 14.4. The van der Waals surface area contributed by atoms with Crippen LogP contribution in [0.15, 0.2) is 28.9 Å². The van der Waals surface area contributed by atoms with Crippen LogP contribution < -0.4 is 0 Å². The third kappa shape index (κ3) is 3.72. The Morgan fingerprint density at radius 2 is 1.90 bits per heavy atom. The van der Waals surface area contributed by atoms with E-state index >= 15 is 0 Å². The van der Waals surface area contributed by atoms with Crippen molar-refractivity contribution < 1.29 is 4.79 Å². The summed E-state index contributed by atoms with van der Waals surface area (Å²) in [5.41, 5.74) is 1.94. The third-order valence-electron chi connectivity index (χ3n) is 3.75. The number of halogens is 1. The number of aryl methyl sites for hydroxylation is 1. The summed E-state index contributed by atoms with van der Waals surface area (Å²) in [6.07, 6.45) is 10.7. The number of carbonyl (C=O) groups is 1. The third-order valence-corrected chi connectivity index (χ3v) is 4.25. The van der Waals surface area contributed by atoms with E-state index in [0.717, 1.165) is 33.8 Å². The molecule has 0 atom stereocenters. The molecule has 2 aromatic rings. The zero-order valence-corrected chi connectivity index (χ0v) is 13.7. The Labute approximate surface area is 129 Å². The molecule has 0 amide bonds. The van der Waals surface area contributed by atoms with Crippen LogP contribution in [0.1, 0.15) is 55.8 Å². The molecule has 108 valence electrons. The second-order valence-electron chi connectivity index (χ2n) is 5.32. The number of hydrogen-bond acceptors (Lipinski definition) is 1. The van der Waals surface area contributed by atoms with Crippen molar-refractivity contribution in [3.8, 4) is 0 Å². The van der Waals surface area contributed by atoms with Gasteiger partial charge in [-0.1, -0.05) is 55.0 Å². The molecule has 3 heteroatoms. The van der Waals surface area contributed by atoms with Gasteiger partial charge in [0.25, 0.3) is 0 Å². The van der Waals surface area contributed by atoms with Gasteiger partial charge in [-0.05, 0) is 24.6 Å². The van der Waals surface area contributed by atoms with Gasteiger partial charge in [0.1, 0.15) is 0 Å². The Hall–Kier alpha value is -1.09. The minimum atomic E-state index is 0.785. The van der Waals surface area contributed by atoms with Gasteiger partial charge in [0.15, 0.2) is 6.29 Å². The van der Waals surface area contributed by atoms with Crippen molar-refractivity contribution in [3.63, 3.8) is 0 Å². The molecule has 0 aliphatic rings. The smallest absolute Gasteiger partial charge is 0.152 e. The van der Waals surface area contributed by atoms with Crippen LogP contribution >= 0.6 is 15.9 Å². The van der Waals surface area contributed by atoms with Crippen LogP contribution in [0.5, 0.6) is 0 Å². The number of benzene rings is 1. The van der Waals surface area contributed by atoms with Crippen LogP contribution in [0.2, 0.25) is 0 Å². The second-order valence-corrected chi connectivity index (χ2v) is 6.24. The predicted molar refractivity (Wildman–Crippen MR) is 88.4 cm³/mol. The number of aromatic nitrogens is 1. The van der Waals surface area contributed by atoms with Gasteiger partial charge in [0, 0.05) is 33.7 Å². The van der Waals surface area contributed by atoms with Crippen molar-refractivity contribution in [1.82, 2.24) is 4.57 Å². The van der Waals surface area contributed by atoms with Crippen molar-refractivity contribution in [2.24, 2.45) is 0 Å². The standard InChI is InChI=1S/C17H22BrNO/c1-2-3-4-5-6-7-10-19-12-14(13-20)16-11-15(18)8-9-17(16)19/h8-9,11-13H,2-7,10H2,1H3. The van der Waals surface area contributed by atoms with E-state index in [0.29, 0.717) is 0 Å². The van der Waals surface area contributed by atoms with E-state index in [1.165, 1.54) is 38.5 Å². The first kappa shape index (κ1) is 15.3. The monoisotopic (exact) mass is 335 g/mol. The lowest BCUT2D eigenvalue weighted by atomic mass is 10.1. The van der Waals surface area contributed by atoms with E-state index in [4.69, 9.17) is 0 Å². The molecule has 2 nitrogen and oxygen atoms in total. The summed E-state index contributed by atoms with van der Waals surface area (Å²) in [5, 5.41) is 1.04. The molecule has 0 N–H and O–H groups in total. The second kappa shape index (κ2) is 7.63. The summed E-state index contributed by atoms with van der Waals surface area (Å²) in [5.74, 6) is 0. The molecule has 0 unspecified atom stereocenters. The number of nitrogens with zero attached hydrogens (tertiary/aromatic N) is 1. The van der Waals surface area contributed by atoms with Crippen molar-refractivity contribution in [2.75, 3.05) is 0 Å². The molecule has 0 fully saturated rings. The molecule has 1 aromatic carbocycles. The van der Waals surface area contributed by atoms with E-state index in [9.17, 15) is 4.79 Å². The summed E-state index contributed by atoms with van der Waals surface area (Å²) < 4.78 is 3.23. The Morgan fingerprint density at radius 3 is 2.65 bits per heavy atom. The molecule has 1 heterocycles. The van der Waals surface area contributed by atoms with E-state index in [-0.39, 0.29) is 0 Å². The number of carbonyl (C=O) groups excluding carboxylic acids is 1. The van der Waals surface area contributed by atoms with Gasteiger partial charge < -0.3 is 4.57 Å². The van der Waals surface area contributed by atoms with Gasteiger partial charge in [-0.25, -0.2) is 0 Å². The largest absolute Gasteiger partial charge is 0.347 e. The molecule has 0 spiro atoms. The number of fused-ring (bicyclic) bond motifs is 1. The Balaban J connectivity index is 2.01. The highest BCUT2D eigenvalue weighted by Crippen LogP contribution is 2.24. The fraction of sp³-hybridized carbons (Fsp3) is 0.471. The van der Waals surface area contributed by atoms with Crippen molar-refractivity contribution in [3.05, 3.63) is 34.4 Å². The van der Waals surface area contributed by atoms with Gasteiger partial charge in [-0.15, -0.1) is 0 Å². The lowest BCUT2D eigenvalue weighted by Gasteiger charge is -2.05. The molecule has 1 aromatic heterocycles. The van der Waals surface area contributed by atoms with Crippen molar-refractivity contribution >= 4 is 33.1 Å². The number of aldehydes is 1. The van der Waals surface area contributed by atoms with E-state index in [2.05, 4.69) is 33.5 Å². The van der Waals surface area contributed by atoms with E-state index in [1.54, 1.807) is 0 Å². The lowest BCUT2D eigenvalue weighted by Crippen LogP contribution is -1.96.